The summed E-state index contributed by atoms with van der Waals surface area (Å²) < 4.78 is 11.9. The zero-order valence-electron chi connectivity index (χ0n) is 9.28. The Morgan fingerprint density at radius 3 is 2.73 bits per heavy atom. The molecule has 1 saturated heterocycles. The summed E-state index contributed by atoms with van der Waals surface area (Å²) in [7, 11) is 0. The third-order valence-electron chi connectivity index (χ3n) is 4.17. The lowest BCUT2D eigenvalue weighted by atomic mass is 9.82. The summed E-state index contributed by atoms with van der Waals surface area (Å²) in [4.78, 5) is 0. The highest BCUT2D eigenvalue weighted by Gasteiger charge is 2.47. The molecule has 0 aromatic carbocycles. The Morgan fingerprint density at radius 1 is 1.20 bits per heavy atom. The van der Waals surface area contributed by atoms with Crippen LogP contribution in [0, 0.1) is 11.8 Å². The predicted octanol–water partition coefficient (Wildman–Crippen LogP) is 1.66. The van der Waals surface area contributed by atoms with E-state index < -0.39 is 0 Å². The van der Waals surface area contributed by atoms with Crippen LogP contribution in [0.4, 0.5) is 0 Å². The molecule has 1 aliphatic heterocycles. The Balaban J connectivity index is 1.64. The average molecular weight is 211 g/mol. The number of nitrogens with two attached hydrogens (primary N) is 1. The summed E-state index contributed by atoms with van der Waals surface area (Å²) >= 11 is 0. The predicted molar refractivity (Wildman–Crippen MR) is 57.3 cm³/mol. The quantitative estimate of drug-likeness (QED) is 0.755. The molecule has 2 N–H and O–H groups in total. The fourth-order valence-electron chi connectivity index (χ4n) is 3.18. The van der Waals surface area contributed by atoms with E-state index in [0.717, 1.165) is 24.7 Å². The van der Waals surface area contributed by atoms with Gasteiger partial charge in [-0.25, -0.2) is 0 Å². The second kappa shape index (κ2) is 3.72. The minimum Gasteiger partial charge on any atom is -0.347 e. The van der Waals surface area contributed by atoms with E-state index in [4.69, 9.17) is 15.2 Å². The maximum atomic E-state index is 6.00. The van der Waals surface area contributed by atoms with E-state index in [1.807, 2.05) is 0 Å². The van der Waals surface area contributed by atoms with Crippen LogP contribution in [-0.4, -0.2) is 25.0 Å². The molecule has 3 heteroatoms. The van der Waals surface area contributed by atoms with Crippen LogP contribution in [0.1, 0.15) is 38.5 Å². The van der Waals surface area contributed by atoms with Crippen molar-refractivity contribution in [3.8, 4) is 0 Å². The molecule has 2 saturated carbocycles. The molecule has 3 unspecified atom stereocenters. The van der Waals surface area contributed by atoms with Crippen LogP contribution in [0.25, 0.3) is 0 Å². The first-order valence-electron chi connectivity index (χ1n) is 6.33. The molecule has 15 heavy (non-hydrogen) atoms. The zero-order valence-corrected chi connectivity index (χ0v) is 9.28. The molecule has 2 aliphatic carbocycles. The maximum absolute atomic E-state index is 6.00. The Labute approximate surface area is 91.3 Å². The highest BCUT2D eigenvalue weighted by Crippen LogP contribution is 2.49. The van der Waals surface area contributed by atoms with Crippen LogP contribution in [0.3, 0.4) is 0 Å². The van der Waals surface area contributed by atoms with Crippen LogP contribution >= 0.6 is 0 Å². The Hall–Kier alpha value is -0.120. The molecule has 3 aliphatic rings. The van der Waals surface area contributed by atoms with Crippen molar-refractivity contribution in [1.29, 1.82) is 0 Å². The summed E-state index contributed by atoms with van der Waals surface area (Å²) in [5.74, 6) is 1.59. The lowest BCUT2D eigenvalue weighted by molar-refractivity contribution is -0.197. The number of hydrogen-bond donors (Lipinski definition) is 1. The van der Waals surface area contributed by atoms with Gasteiger partial charge in [0, 0.05) is 19.4 Å². The molecule has 0 amide bonds. The van der Waals surface area contributed by atoms with Gasteiger partial charge in [0.2, 0.25) is 0 Å². The Bertz CT molecular complexity index is 242. The largest absolute Gasteiger partial charge is 0.347 e. The normalized spacial score (nSPS) is 46.2. The van der Waals surface area contributed by atoms with Gasteiger partial charge in [-0.05, 0) is 37.5 Å². The highest BCUT2D eigenvalue weighted by atomic mass is 16.7. The van der Waals surface area contributed by atoms with Crippen LogP contribution in [0.2, 0.25) is 0 Å². The van der Waals surface area contributed by atoms with Crippen molar-refractivity contribution < 1.29 is 9.47 Å². The third kappa shape index (κ3) is 1.93. The van der Waals surface area contributed by atoms with Gasteiger partial charge in [0.15, 0.2) is 5.79 Å². The van der Waals surface area contributed by atoms with Crippen molar-refractivity contribution >= 4 is 0 Å². The van der Waals surface area contributed by atoms with Gasteiger partial charge in [-0.2, -0.15) is 0 Å². The molecule has 0 bridgehead atoms. The van der Waals surface area contributed by atoms with Crippen molar-refractivity contribution in [2.45, 2.75) is 50.4 Å². The van der Waals surface area contributed by atoms with Crippen molar-refractivity contribution in [3.63, 3.8) is 0 Å². The fourth-order valence-corrected chi connectivity index (χ4v) is 3.18. The number of hydrogen-bond acceptors (Lipinski definition) is 3. The first-order valence-corrected chi connectivity index (χ1v) is 6.33. The van der Waals surface area contributed by atoms with Gasteiger partial charge >= 0.3 is 0 Å². The molecule has 1 spiro atoms. The second-order valence-corrected chi connectivity index (χ2v) is 5.39. The smallest absolute Gasteiger partial charge is 0.169 e. The zero-order chi connectivity index (χ0) is 10.3. The van der Waals surface area contributed by atoms with Gasteiger partial charge in [-0.3, -0.25) is 0 Å². The van der Waals surface area contributed by atoms with E-state index in [2.05, 4.69) is 0 Å². The van der Waals surface area contributed by atoms with Crippen molar-refractivity contribution in [2.24, 2.45) is 17.6 Å². The van der Waals surface area contributed by atoms with Crippen molar-refractivity contribution in [3.05, 3.63) is 0 Å². The topological polar surface area (TPSA) is 44.5 Å². The summed E-state index contributed by atoms with van der Waals surface area (Å²) in [6.07, 6.45) is 7.84. The van der Waals surface area contributed by atoms with Crippen LogP contribution < -0.4 is 5.73 Å². The Morgan fingerprint density at radius 2 is 2.07 bits per heavy atom. The van der Waals surface area contributed by atoms with E-state index in [0.29, 0.717) is 13.2 Å². The number of rotatable bonds is 2. The van der Waals surface area contributed by atoms with Crippen LogP contribution in [0.15, 0.2) is 0 Å². The molecule has 3 atom stereocenters. The van der Waals surface area contributed by atoms with Gasteiger partial charge in [0.1, 0.15) is 0 Å². The summed E-state index contributed by atoms with van der Waals surface area (Å²) in [6, 6.07) is 0. The first kappa shape index (κ1) is 10.1. The molecule has 0 aromatic rings. The van der Waals surface area contributed by atoms with Crippen molar-refractivity contribution in [2.75, 3.05) is 13.2 Å². The standard InChI is InChI=1S/C12H21NO2/c13-7-11-8-14-12(15-11)5-1-2-10(6-12)9-3-4-9/h9-11H,1-8,13H2. The minimum atomic E-state index is -0.241. The van der Waals surface area contributed by atoms with E-state index in [9.17, 15) is 0 Å². The highest BCUT2D eigenvalue weighted by molar-refractivity contribution is 4.92. The third-order valence-corrected chi connectivity index (χ3v) is 4.17. The fraction of sp³-hybridized carbons (Fsp3) is 1.00. The summed E-state index contributed by atoms with van der Waals surface area (Å²) in [5.41, 5.74) is 5.63. The van der Waals surface area contributed by atoms with E-state index in [1.54, 1.807) is 0 Å². The van der Waals surface area contributed by atoms with E-state index in [-0.39, 0.29) is 11.9 Å². The van der Waals surface area contributed by atoms with Gasteiger partial charge in [0.25, 0.3) is 0 Å². The first-order chi connectivity index (χ1) is 7.31. The number of ether oxygens (including phenoxy) is 2. The van der Waals surface area contributed by atoms with Gasteiger partial charge in [-0.1, -0.05) is 0 Å². The molecule has 0 radical (unpaired) electrons. The van der Waals surface area contributed by atoms with Gasteiger partial charge < -0.3 is 15.2 Å². The lowest BCUT2D eigenvalue weighted by Crippen LogP contribution is -2.38. The summed E-state index contributed by atoms with van der Waals surface area (Å²) in [6.45, 7) is 1.30. The van der Waals surface area contributed by atoms with Gasteiger partial charge in [0.05, 0.1) is 12.7 Å². The molecular formula is C12H21NO2. The van der Waals surface area contributed by atoms with Crippen LogP contribution in [-0.2, 0) is 9.47 Å². The van der Waals surface area contributed by atoms with Crippen LogP contribution in [0.5, 0.6) is 0 Å². The SMILES string of the molecule is NCC1COC2(CCCC(C3CC3)C2)O1. The molecule has 0 aromatic heterocycles. The Kier molecular flexibility index (Phi) is 2.49. The molecule has 1 heterocycles. The molecular weight excluding hydrogens is 190 g/mol. The van der Waals surface area contributed by atoms with E-state index >= 15 is 0 Å². The maximum Gasteiger partial charge on any atom is 0.169 e. The molecule has 86 valence electrons. The summed E-state index contributed by atoms with van der Waals surface area (Å²) in [5, 5.41) is 0. The molecule has 3 rings (SSSR count). The minimum absolute atomic E-state index is 0.142. The van der Waals surface area contributed by atoms with Gasteiger partial charge in [-0.15, -0.1) is 0 Å². The van der Waals surface area contributed by atoms with E-state index in [1.165, 1.54) is 25.7 Å². The molecule has 3 fully saturated rings. The lowest BCUT2D eigenvalue weighted by Gasteiger charge is -2.36. The molecule has 3 nitrogen and oxygen atoms in total. The average Bonchev–Trinajstić information content (AvgIpc) is 3.04. The van der Waals surface area contributed by atoms with Crippen molar-refractivity contribution in [1.82, 2.24) is 0 Å². The second-order valence-electron chi connectivity index (χ2n) is 5.39. The monoisotopic (exact) mass is 211 g/mol.